The first-order chi connectivity index (χ1) is 17.9. The van der Waals surface area contributed by atoms with Gasteiger partial charge in [0.15, 0.2) is 0 Å². The van der Waals surface area contributed by atoms with Crippen LogP contribution in [0.5, 0.6) is 11.5 Å². The van der Waals surface area contributed by atoms with Crippen LogP contribution in [0.3, 0.4) is 0 Å². The molecule has 0 amide bonds. The van der Waals surface area contributed by atoms with E-state index in [1.807, 2.05) is 14.1 Å². The molecule has 2 rings (SSSR count). The minimum absolute atomic E-state index is 0. The van der Waals surface area contributed by atoms with Gasteiger partial charge < -0.3 is 51.5 Å². The largest absolute Gasteiger partial charge is 2.00 e. The van der Waals surface area contributed by atoms with Crippen molar-refractivity contribution in [1.29, 1.82) is 0 Å². The van der Waals surface area contributed by atoms with E-state index in [1.54, 1.807) is 48.8 Å². The standard InChI is InChI=1S/2C11H15BrN2O.2NO3.Zn/c2*1-13-5-2-6-14-8-9-7-10(12)3-4-11(9)15;2*2-1(3)4;/h2*3-4,7-8,13,15H,2,5-6H2,1H3;;;/q;;2*-1;+2. The molecule has 0 saturated heterocycles. The smallest absolute Gasteiger partial charge is 0.872 e. The summed E-state index contributed by atoms with van der Waals surface area (Å²) < 4.78 is 1.82. The van der Waals surface area contributed by atoms with Crippen LogP contribution in [0.15, 0.2) is 55.3 Å². The maximum Gasteiger partial charge on any atom is 2.00 e. The van der Waals surface area contributed by atoms with Gasteiger partial charge in [-0.3, -0.25) is 9.98 Å². The second kappa shape index (κ2) is 26.9. The Hall–Kier alpha value is -2.72. The topological polar surface area (TPSA) is 236 Å². The van der Waals surface area contributed by atoms with Crippen molar-refractivity contribution in [2.45, 2.75) is 12.8 Å². The molecule has 0 spiro atoms. The van der Waals surface area contributed by atoms with Crippen LogP contribution in [0.25, 0.3) is 0 Å². The molecule has 0 bridgehead atoms. The molecule has 0 aromatic heterocycles. The summed E-state index contributed by atoms with van der Waals surface area (Å²) in [4.78, 5) is 24.9. The van der Waals surface area contributed by atoms with E-state index in [9.17, 15) is 10.2 Å². The molecule has 2 aromatic rings. The molecule has 0 aliphatic carbocycles. The first-order valence-corrected chi connectivity index (χ1v) is 12.6. The third-order valence-electron chi connectivity index (χ3n) is 3.96. The Kier molecular flexibility index (Phi) is 28.1. The molecule has 212 valence electrons. The van der Waals surface area contributed by atoms with E-state index in [0.29, 0.717) is 11.1 Å². The molecular weight excluding hydrogens is 701 g/mol. The zero-order valence-electron chi connectivity index (χ0n) is 21.5. The fourth-order valence-corrected chi connectivity index (χ4v) is 3.10. The van der Waals surface area contributed by atoms with Crippen LogP contribution >= 0.6 is 31.9 Å². The third kappa shape index (κ3) is 28.1. The van der Waals surface area contributed by atoms with Crippen molar-refractivity contribution in [1.82, 2.24) is 0 Å². The maximum atomic E-state index is 11.4. The SMILES string of the molecule is C[NH2+]CCCN=Cc1cc(Br)ccc1[O-].C[NH2+]CCCN=Cc1cc(Br)ccc1[O-].O=[N+]([O-])[O-].O=[N+]([O-])[O-].[Zn+2]. The van der Waals surface area contributed by atoms with Crippen LogP contribution in [0, 0.1) is 30.6 Å². The van der Waals surface area contributed by atoms with Gasteiger partial charge in [0.2, 0.25) is 0 Å². The number of aliphatic imine (C=N–C) groups is 2. The molecule has 14 nitrogen and oxygen atoms in total. The number of nitrogens with two attached hydrogens (primary N) is 2. The van der Waals surface area contributed by atoms with Gasteiger partial charge in [-0.25, -0.2) is 0 Å². The first-order valence-electron chi connectivity index (χ1n) is 11.1. The second-order valence-corrected chi connectivity index (χ2v) is 8.81. The van der Waals surface area contributed by atoms with Gasteiger partial charge in [0.1, 0.15) is 0 Å². The molecular formula is C22H30Br2N6O8Zn. The molecule has 0 atom stereocenters. The summed E-state index contributed by atoms with van der Waals surface area (Å²) in [5, 5.41) is 56.5. The van der Waals surface area contributed by atoms with Crippen LogP contribution in [0.1, 0.15) is 24.0 Å². The van der Waals surface area contributed by atoms with E-state index < -0.39 is 10.2 Å². The number of nitrogens with zero attached hydrogens (tertiary/aromatic N) is 4. The van der Waals surface area contributed by atoms with E-state index in [2.05, 4.69) is 52.5 Å². The van der Waals surface area contributed by atoms with Gasteiger partial charge in [-0.2, -0.15) is 0 Å². The van der Waals surface area contributed by atoms with Crippen molar-refractivity contribution < 1.29 is 50.5 Å². The summed E-state index contributed by atoms with van der Waals surface area (Å²) in [5.74, 6) is 0.0352. The molecule has 0 heterocycles. The van der Waals surface area contributed by atoms with Gasteiger partial charge in [0.05, 0.1) is 37.4 Å². The minimum Gasteiger partial charge on any atom is -0.872 e. The number of halogens is 2. The van der Waals surface area contributed by atoms with Gasteiger partial charge in [0, 0.05) is 47.3 Å². The number of rotatable bonds is 10. The van der Waals surface area contributed by atoms with E-state index in [4.69, 9.17) is 30.6 Å². The van der Waals surface area contributed by atoms with E-state index in [-0.39, 0.29) is 31.0 Å². The predicted octanol–water partition coefficient (Wildman–Crippen LogP) is 0.569. The molecule has 0 radical (unpaired) electrons. The molecule has 2 aromatic carbocycles. The fraction of sp³-hybridized carbons (Fsp3) is 0.364. The Morgan fingerprint density at radius 3 is 1.33 bits per heavy atom. The zero-order chi connectivity index (χ0) is 29.3. The summed E-state index contributed by atoms with van der Waals surface area (Å²) >= 11 is 6.65. The number of benzene rings is 2. The van der Waals surface area contributed by atoms with Crippen LogP contribution in [-0.4, -0.2) is 62.9 Å². The Labute approximate surface area is 255 Å². The van der Waals surface area contributed by atoms with Crippen molar-refractivity contribution in [3.8, 4) is 11.5 Å². The number of hydrogen-bond donors (Lipinski definition) is 2. The molecule has 4 N–H and O–H groups in total. The Bertz CT molecular complexity index is 931. The maximum absolute atomic E-state index is 11.4. The van der Waals surface area contributed by atoms with Crippen molar-refractivity contribution in [2.75, 3.05) is 40.3 Å². The van der Waals surface area contributed by atoms with Gasteiger partial charge in [-0.1, -0.05) is 55.5 Å². The summed E-state index contributed by atoms with van der Waals surface area (Å²) in [6.45, 7) is 3.69. The predicted molar refractivity (Wildman–Crippen MR) is 147 cm³/mol. The summed E-state index contributed by atoms with van der Waals surface area (Å²) in [7, 11) is 4.07. The first kappa shape index (κ1) is 40.8. The zero-order valence-corrected chi connectivity index (χ0v) is 27.7. The average Bonchev–Trinajstić information content (AvgIpc) is 2.83. The molecule has 0 unspecified atom stereocenters. The molecule has 0 saturated carbocycles. The van der Waals surface area contributed by atoms with Crippen molar-refractivity contribution in [3.63, 3.8) is 0 Å². The van der Waals surface area contributed by atoms with E-state index in [0.717, 1.165) is 48.0 Å². The third-order valence-corrected chi connectivity index (χ3v) is 4.95. The second-order valence-electron chi connectivity index (χ2n) is 6.98. The monoisotopic (exact) mass is 728 g/mol. The van der Waals surface area contributed by atoms with Crippen molar-refractivity contribution in [3.05, 3.63) is 87.1 Å². The van der Waals surface area contributed by atoms with Crippen LogP contribution in [0.2, 0.25) is 0 Å². The van der Waals surface area contributed by atoms with Crippen molar-refractivity contribution in [2.24, 2.45) is 9.98 Å². The minimum atomic E-state index is -1.75. The molecule has 0 aliphatic heterocycles. The summed E-state index contributed by atoms with van der Waals surface area (Å²) in [6, 6.07) is 10.2. The van der Waals surface area contributed by atoms with Gasteiger partial charge in [-0.15, -0.1) is 0 Å². The normalized spacial score (nSPS) is 9.74. The number of quaternary nitrogens is 2. The summed E-state index contributed by atoms with van der Waals surface area (Å²) in [6.07, 6.45) is 5.38. The average molecular weight is 732 g/mol. The number of hydrogen-bond acceptors (Lipinski definition) is 10. The van der Waals surface area contributed by atoms with Crippen molar-refractivity contribution >= 4 is 44.3 Å². The van der Waals surface area contributed by atoms with Gasteiger partial charge in [0.25, 0.3) is 0 Å². The molecule has 0 aliphatic rings. The Balaban J connectivity index is -0.000000512. The fourth-order valence-electron chi connectivity index (χ4n) is 2.34. The van der Waals surface area contributed by atoms with Crippen LogP contribution < -0.4 is 20.8 Å². The van der Waals surface area contributed by atoms with Gasteiger partial charge in [-0.05, 0) is 35.4 Å². The summed E-state index contributed by atoms with van der Waals surface area (Å²) in [5.41, 5.74) is 1.29. The molecule has 0 fully saturated rings. The Morgan fingerprint density at radius 1 is 0.744 bits per heavy atom. The quantitative estimate of drug-likeness (QED) is 0.115. The molecule has 17 heteroatoms. The van der Waals surface area contributed by atoms with E-state index >= 15 is 0 Å². The van der Waals surface area contributed by atoms with Gasteiger partial charge >= 0.3 is 19.5 Å². The molecule has 39 heavy (non-hydrogen) atoms. The van der Waals surface area contributed by atoms with Crippen LogP contribution in [-0.2, 0) is 19.5 Å². The van der Waals surface area contributed by atoms with E-state index in [1.165, 1.54) is 0 Å². The Morgan fingerprint density at radius 2 is 1.05 bits per heavy atom. The van der Waals surface area contributed by atoms with Crippen LogP contribution in [0.4, 0.5) is 0 Å².